The summed E-state index contributed by atoms with van der Waals surface area (Å²) < 4.78 is 34.8. The van der Waals surface area contributed by atoms with Crippen molar-refractivity contribution in [1.29, 1.82) is 0 Å². The van der Waals surface area contributed by atoms with E-state index >= 15 is 0 Å². The minimum atomic E-state index is -3.94. The van der Waals surface area contributed by atoms with E-state index in [0.29, 0.717) is 22.2 Å². The third-order valence-corrected chi connectivity index (χ3v) is 8.86. The van der Waals surface area contributed by atoms with Gasteiger partial charge in [-0.2, -0.15) is 8.42 Å². The SMILES string of the molecule is Cc1csc(S(=O)(=O)N(CC(C)C)c2cc(Cl)c(C)cc2OCc2ccc(C=CC(=O)O)cc2C)n1. The van der Waals surface area contributed by atoms with Gasteiger partial charge in [-0.05, 0) is 67.2 Å². The largest absolute Gasteiger partial charge is 0.487 e. The fourth-order valence-corrected chi connectivity index (χ4v) is 6.39. The summed E-state index contributed by atoms with van der Waals surface area (Å²) >= 11 is 7.52. The smallest absolute Gasteiger partial charge is 0.328 e. The molecule has 0 bridgehead atoms. The zero-order valence-electron chi connectivity index (χ0n) is 20.8. The van der Waals surface area contributed by atoms with Crippen LogP contribution in [0.5, 0.6) is 5.75 Å². The first-order valence-electron chi connectivity index (χ1n) is 11.3. The van der Waals surface area contributed by atoms with E-state index in [9.17, 15) is 13.2 Å². The molecule has 192 valence electrons. The Bertz CT molecular complexity index is 1400. The Hall–Kier alpha value is -2.88. The van der Waals surface area contributed by atoms with Crippen molar-refractivity contribution >= 4 is 50.7 Å². The van der Waals surface area contributed by atoms with Crippen molar-refractivity contribution in [2.24, 2.45) is 5.92 Å². The first-order chi connectivity index (χ1) is 16.9. The third-order valence-electron chi connectivity index (χ3n) is 5.32. The van der Waals surface area contributed by atoms with E-state index in [0.717, 1.165) is 39.7 Å². The maximum Gasteiger partial charge on any atom is 0.328 e. The number of hydrogen-bond donors (Lipinski definition) is 1. The lowest BCUT2D eigenvalue weighted by Gasteiger charge is -2.27. The number of aliphatic carboxylic acids is 1. The summed E-state index contributed by atoms with van der Waals surface area (Å²) in [5.41, 5.74) is 4.31. The second kappa shape index (κ2) is 11.5. The van der Waals surface area contributed by atoms with Crippen LogP contribution in [0.4, 0.5) is 5.69 Å². The summed E-state index contributed by atoms with van der Waals surface area (Å²) in [4.78, 5) is 15.0. The Morgan fingerprint density at radius 2 is 1.92 bits per heavy atom. The van der Waals surface area contributed by atoms with Crippen LogP contribution in [-0.4, -0.2) is 31.0 Å². The number of aryl methyl sites for hydroxylation is 3. The number of aromatic nitrogens is 1. The Kier molecular flexibility index (Phi) is 8.81. The number of carboxylic acids is 1. The standard InChI is InChI=1S/C26H29ClN2O5S2/c1-16(2)13-29(36(32,33)26-28-19(5)15-35-26)23-12-22(27)18(4)11-24(23)34-14-21-8-6-20(10-17(21)3)7-9-25(30)31/h6-12,15-16H,13-14H2,1-5H3,(H,30,31). The van der Waals surface area contributed by atoms with Gasteiger partial charge in [-0.3, -0.25) is 4.31 Å². The number of benzene rings is 2. The normalized spacial score (nSPS) is 11.9. The Morgan fingerprint density at radius 3 is 2.50 bits per heavy atom. The maximum atomic E-state index is 13.6. The molecule has 0 unspecified atom stereocenters. The minimum Gasteiger partial charge on any atom is -0.487 e. The van der Waals surface area contributed by atoms with Crippen molar-refractivity contribution in [3.63, 3.8) is 0 Å². The van der Waals surface area contributed by atoms with Crippen LogP contribution in [0.25, 0.3) is 6.08 Å². The van der Waals surface area contributed by atoms with Gasteiger partial charge in [-0.15, -0.1) is 11.3 Å². The average molecular weight is 549 g/mol. The highest BCUT2D eigenvalue weighted by Crippen LogP contribution is 2.38. The molecule has 3 aromatic rings. The van der Waals surface area contributed by atoms with E-state index in [4.69, 9.17) is 21.4 Å². The van der Waals surface area contributed by atoms with E-state index < -0.39 is 16.0 Å². The molecule has 0 atom stereocenters. The summed E-state index contributed by atoms with van der Waals surface area (Å²) in [6.07, 6.45) is 2.61. The summed E-state index contributed by atoms with van der Waals surface area (Å²) in [7, 11) is -3.94. The predicted octanol–water partition coefficient (Wildman–Crippen LogP) is 6.25. The number of carboxylic acid groups (broad SMARTS) is 1. The Balaban J connectivity index is 1.99. The van der Waals surface area contributed by atoms with Crippen molar-refractivity contribution in [3.8, 4) is 5.75 Å². The molecule has 0 aliphatic carbocycles. The molecule has 7 nitrogen and oxygen atoms in total. The molecule has 0 saturated carbocycles. The number of thiazole rings is 1. The third kappa shape index (κ3) is 6.66. The molecule has 36 heavy (non-hydrogen) atoms. The van der Waals surface area contributed by atoms with Gasteiger partial charge in [-0.1, -0.05) is 43.6 Å². The average Bonchev–Trinajstić information content (AvgIpc) is 3.24. The number of rotatable bonds is 10. The van der Waals surface area contributed by atoms with Crippen LogP contribution in [0, 0.1) is 26.7 Å². The summed E-state index contributed by atoms with van der Waals surface area (Å²) in [5, 5.41) is 11.0. The monoisotopic (exact) mass is 548 g/mol. The Morgan fingerprint density at radius 1 is 1.19 bits per heavy atom. The van der Waals surface area contributed by atoms with Gasteiger partial charge in [0.2, 0.25) is 4.34 Å². The molecule has 0 aliphatic heterocycles. The lowest BCUT2D eigenvalue weighted by Crippen LogP contribution is -2.34. The van der Waals surface area contributed by atoms with Gasteiger partial charge in [0.1, 0.15) is 12.4 Å². The van der Waals surface area contributed by atoms with E-state index in [-0.39, 0.29) is 23.4 Å². The van der Waals surface area contributed by atoms with Crippen LogP contribution in [-0.2, 0) is 21.4 Å². The van der Waals surface area contributed by atoms with E-state index in [1.807, 2.05) is 39.8 Å². The molecule has 10 heteroatoms. The number of nitrogens with zero attached hydrogens (tertiary/aromatic N) is 2. The van der Waals surface area contributed by atoms with Gasteiger partial charge < -0.3 is 9.84 Å². The highest BCUT2D eigenvalue weighted by molar-refractivity contribution is 7.94. The fourth-order valence-electron chi connectivity index (χ4n) is 3.47. The van der Waals surface area contributed by atoms with Crippen molar-refractivity contribution in [3.05, 3.63) is 74.8 Å². The summed E-state index contributed by atoms with van der Waals surface area (Å²) in [6.45, 7) is 9.79. The van der Waals surface area contributed by atoms with Crippen molar-refractivity contribution in [2.75, 3.05) is 10.8 Å². The Labute approximate surface area is 221 Å². The lowest BCUT2D eigenvalue weighted by atomic mass is 10.1. The maximum absolute atomic E-state index is 13.6. The molecule has 1 N–H and O–H groups in total. The van der Waals surface area contributed by atoms with Gasteiger partial charge in [0.05, 0.1) is 5.69 Å². The number of sulfonamides is 1. The van der Waals surface area contributed by atoms with Crippen LogP contribution in [0.3, 0.4) is 0 Å². The van der Waals surface area contributed by atoms with Crippen LogP contribution in [0.2, 0.25) is 5.02 Å². The zero-order valence-corrected chi connectivity index (χ0v) is 23.2. The first kappa shape index (κ1) is 27.7. The van der Waals surface area contributed by atoms with E-state index in [2.05, 4.69) is 4.98 Å². The molecule has 1 aromatic heterocycles. The van der Waals surface area contributed by atoms with Gasteiger partial charge in [0, 0.05) is 28.7 Å². The van der Waals surface area contributed by atoms with Crippen molar-refractivity contribution < 1.29 is 23.1 Å². The highest BCUT2D eigenvalue weighted by atomic mass is 35.5. The summed E-state index contributed by atoms with van der Waals surface area (Å²) in [6, 6.07) is 8.90. The van der Waals surface area contributed by atoms with E-state index in [1.54, 1.807) is 30.5 Å². The van der Waals surface area contributed by atoms with Crippen LogP contribution in [0.15, 0.2) is 46.1 Å². The number of hydrogen-bond acceptors (Lipinski definition) is 6. The second-order valence-corrected chi connectivity index (χ2v) is 12.2. The highest BCUT2D eigenvalue weighted by Gasteiger charge is 2.31. The quantitative estimate of drug-likeness (QED) is 0.301. The molecule has 0 radical (unpaired) electrons. The molecule has 0 spiro atoms. The van der Waals surface area contributed by atoms with Crippen LogP contribution >= 0.6 is 22.9 Å². The van der Waals surface area contributed by atoms with Crippen molar-refractivity contribution in [1.82, 2.24) is 4.98 Å². The molecular formula is C26H29ClN2O5S2. The minimum absolute atomic E-state index is 0.0177. The first-order valence-corrected chi connectivity index (χ1v) is 14.0. The summed E-state index contributed by atoms with van der Waals surface area (Å²) in [5.74, 6) is -0.592. The fraction of sp³-hybridized carbons (Fsp3) is 0.308. The van der Waals surface area contributed by atoms with Crippen LogP contribution in [0.1, 0.15) is 41.8 Å². The molecule has 0 amide bonds. The molecule has 1 heterocycles. The molecule has 0 saturated heterocycles. The zero-order chi connectivity index (χ0) is 26.6. The number of halogens is 1. The van der Waals surface area contributed by atoms with E-state index in [1.165, 1.54) is 10.4 Å². The second-order valence-electron chi connectivity index (χ2n) is 8.90. The van der Waals surface area contributed by atoms with Gasteiger partial charge in [0.15, 0.2) is 0 Å². The van der Waals surface area contributed by atoms with Gasteiger partial charge in [0.25, 0.3) is 10.0 Å². The lowest BCUT2D eigenvalue weighted by molar-refractivity contribution is -0.131. The number of carbonyl (C=O) groups is 1. The van der Waals surface area contributed by atoms with Crippen molar-refractivity contribution in [2.45, 2.75) is 45.6 Å². The molecule has 2 aromatic carbocycles. The predicted molar refractivity (Wildman–Crippen MR) is 145 cm³/mol. The number of ether oxygens (including phenoxy) is 1. The molecule has 0 fully saturated rings. The van der Waals surface area contributed by atoms with Gasteiger partial charge >= 0.3 is 5.97 Å². The molecule has 3 rings (SSSR count). The molecule has 0 aliphatic rings. The van der Waals surface area contributed by atoms with Crippen LogP contribution < -0.4 is 9.04 Å². The molecular weight excluding hydrogens is 520 g/mol. The number of anilines is 1. The van der Waals surface area contributed by atoms with Gasteiger partial charge in [-0.25, -0.2) is 9.78 Å². The topological polar surface area (TPSA) is 96.8 Å².